The van der Waals surface area contributed by atoms with Crippen LogP contribution in [-0.2, 0) is 9.59 Å². The molecule has 0 spiro atoms. The largest absolute Gasteiger partial charge is 0.507 e. The van der Waals surface area contributed by atoms with E-state index in [2.05, 4.69) is 9.47 Å². The third-order valence-electron chi connectivity index (χ3n) is 2.82. The SMILES string of the molecule is O=COc1c(O)ccc(C(=O)c2ccccc2O)c1OC=O. The number of phenols is 2. The van der Waals surface area contributed by atoms with Gasteiger partial charge in [-0.25, -0.2) is 0 Å². The lowest BCUT2D eigenvalue weighted by atomic mass is 10.0. The molecule has 7 heteroatoms. The number of ether oxygens (including phenoxy) is 2. The molecule has 0 bridgehead atoms. The first-order valence-electron chi connectivity index (χ1n) is 5.99. The third-order valence-corrected chi connectivity index (χ3v) is 2.82. The van der Waals surface area contributed by atoms with E-state index in [1.807, 2.05) is 0 Å². The van der Waals surface area contributed by atoms with Crippen LogP contribution in [0.5, 0.6) is 23.0 Å². The molecule has 2 aromatic rings. The molecule has 2 N–H and O–H groups in total. The minimum atomic E-state index is -0.675. The zero-order chi connectivity index (χ0) is 16.1. The van der Waals surface area contributed by atoms with Crippen LogP contribution in [0.3, 0.4) is 0 Å². The maximum atomic E-state index is 12.4. The molecule has 0 atom stereocenters. The monoisotopic (exact) mass is 302 g/mol. The van der Waals surface area contributed by atoms with Crippen molar-refractivity contribution >= 4 is 18.7 Å². The zero-order valence-corrected chi connectivity index (χ0v) is 11.1. The number of rotatable bonds is 6. The lowest BCUT2D eigenvalue weighted by Gasteiger charge is -2.12. The van der Waals surface area contributed by atoms with Crippen molar-refractivity contribution < 1.29 is 34.1 Å². The van der Waals surface area contributed by atoms with Crippen molar-refractivity contribution in [1.29, 1.82) is 0 Å². The maximum Gasteiger partial charge on any atom is 0.298 e. The van der Waals surface area contributed by atoms with Crippen LogP contribution in [0.25, 0.3) is 0 Å². The Morgan fingerprint density at radius 1 is 0.818 bits per heavy atom. The van der Waals surface area contributed by atoms with Crippen molar-refractivity contribution in [2.24, 2.45) is 0 Å². The van der Waals surface area contributed by atoms with Crippen LogP contribution < -0.4 is 9.47 Å². The van der Waals surface area contributed by atoms with Crippen molar-refractivity contribution in [3.05, 3.63) is 47.5 Å². The highest BCUT2D eigenvalue weighted by Gasteiger charge is 2.23. The van der Waals surface area contributed by atoms with Gasteiger partial charge in [-0.3, -0.25) is 14.4 Å². The molecule has 2 aromatic carbocycles. The Balaban J connectivity index is 2.62. The molecule has 0 aliphatic rings. The fourth-order valence-electron chi connectivity index (χ4n) is 1.87. The average molecular weight is 302 g/mol. The molecule has 0 heterocycles. The summed E-state index contributed by atoms with van der Waals surface area (Å²) < 4.78 is 9.21. The van der Waals surface area contributed by atoms with Crippen LogP contribution >= 0.6 is 0 Å². The Kier molecular flexibility index (Phi) is 4.38. The van der Waals surface area contributed by atoms with Crippen LogP contribution in [0.4, 0.5) is 0 Å². The molecule has 7 nitrogen and oxygen atoms in total. The van der Waals surface area contributed by atoms with Gasteiger partial charge in [0, 0.05) is 0 Å². The number of aromatic hydroxyl groups is 2. The van der Waals surface area contributed by atoms with E-state index in [-0.39, 0.29) is 29.8 Å². The Morgan fingerprint density at radius 2 is 1.45 bits per heavy atom. The van der Waals surface area contributed by atoms with E-state index in [0.717, 1.165) is 6.07 Å². The fraction of sp³-hybridized carbons (Fsp3) is 0. The summed E-state index contributed by atoms with van der Waals surface area (Å²) in [5.74, 6) is -2.32. The summed E-state index contributed by atoms with van der Waals surface area (Å²) in [7, 11) is 0. The first-order chi connectivity index (χ1) is 10.6. The molecule has 22 heavy (non-hydrogen) atoms. The molecule has 2 rings (SSSR count). The molecule has 0 aromatic heterocycles. The number of para-hydroxylation sites is 1. The summed E-state index contributed by atoms with van der Waals surface area (Å²) in [6, 6.07) is 8.04. The Labute approximate surface area is 124 Å². The smallest absolute Gasteiger partial charge is 0.298 e. The van der Waals surface area contributed by atoms with Crippen molar-refractivity contribution in [3.8, 4) is 23.0 Å². The number of benzene rings is 2. The lowest BCUT2D eigenvalue weighted by Crippen LogP contribution is -2.07. The summed E-state index contributed by atoms with van der Waals surface area (Å²) in [6.45, 7) is 0.0367. The van der Waals surface area contributed by atoms with Crippen molar-refractivity contribution in [2.75, 3.05) is 0 Å². The van der Waals surface area contributed by atoms with Crippen molar-refractivity contribution in [2.45, 2.75) is 0 Å². The molecule has 0 aliphatic carbocycles. The quantitative estimate of drug-likeness (QED) is 0.613. The Hall–Kier alpha value is -3.35. The molecule has 0 aliphatic heterocycles. The summed E-state index contributed by atoms with van der Waals surface area (Å²) >= 11 is 0. The normalized spacial score (nSPS) is 9.82. The molecule has 0 fully saturated rings. The first-order valence-corrected chi connectivity index (χ1v) is 5.99. The predicted octanol–water partition coefficient (Wildman–Crippen LogP) is 1.40. The van der Waals surface area contributed by atoms with Crippen molar-refractivity contribution in [3.63, 3.8) is 0 Å². The minimum absolute atomic E-state index is 0.0148. The van der Waals surface area contributed by atoms with Gasteiger partial charge in [0.05, 0.1) is 11.1 Å². The van der Waals surface area contributed by atoms with Crippen LogP contribution in [0.1, 0.15) is 15.9 Å². The minimum Gasteiger partial charge on any atom is -0.507 e. The Bertz CT molecular complexity index is 737. The summed E-state index contributed by atoms with van der Waals surface area (Å²) in [6.07, 6.45) is 0. The topological polar surface area (TPSA) is 110 Å². The van der Waals surface area contributed by atoms with E-state index >= 15 is 0 Å². The van der Waals surface area contributed by atoms with Gasteiger partial charge in [-0.2, -0.15) is 0 Å². The molecule has 0 saturated carbocycles. The lowest BCUT2D eigenvalue weighted by molar-refractivity contribution is -0.123. The van der Waals surface area contributed by atoms with Gasteiger partial charge in [-0.1, -0.05) is 12.1 Å². The maximum absolute atomic E-state index is 12.4. The van der Waals surface area contributed by atoms with Gasteiger partial charge in [-0.15, -0.1) is 0 Å². The van der Waals surface area contributed by atoms with Crippen LogP contribution in [0, 0.1) is 0 Å². The summed E-state index contributed by atoms with van der Waals surface area (Å²) in [5.41, 5.74) is -0.204. The summed E-state index contributed by atoms with van der Waals surface area (Å²) in [4.78, 5) is 33.5. The molecule has 0 amide bonds. The molecular weight excluding hydrogens is 292 g/mol. The zero-order valence-electron chi connectivity index (χ0n) is 11.1. The second-order valence-electron chi connectivity index (χ2n) is 4.06. The number of hydrogen-bond acceptors (Lipinski definition) is 7. The van der Waals surface area contributed by atoms with Gasteiger partial charge in [-0.05, 0) is 24.3 Å². The van der Waals surface area contributed by atoms with Crippen LogP contribution in [0.2, 0.25) is 0 Å². The van der Waals surface area contributed by atoms with Gasteiger partial charge in [0.1, 0.15) is 5.75 Å². The van der Waals surface area contributed by atoms with Crippen molar-refractivity contribution in [1.82, 2.24) is 0 Å². The van der Waals surface area contributed by atoms with Crippen LogP contribution in [-0.4, -0.2) is 28.9 Å². The van der Waals surface area contributed by atoms with E-state index in [1.54, 1.807) is 0 Å². The highest BCUT2D eigenvalue weighted by molar-refractivity contribution is 6.13. The number of phenolic OH excluding ortho intramolecular Hbond substituents is 2. The van der Waals surface area contributed by atoms with E-state index in [4.69, 9.17) is 0 Å². The second kappa shape index (κ2) is 6.40. The number of carbonyl (C=O) groups is 3. The predicted molar refractivity (Wildman–Crippen MR) is 73.0 cm³/mol. The van der Waals surface area contributed by atoms with E-state index in [0.29, 0.717) is 0 Å². The van der Waals surface area contributed by atoms with Gasteiger partial charge < -0.3 is 19.7 Å². The van der Waals surface area contributed by atoms with Gasteiger partial charge in [0.15, 0.2) is 11.5 Å². The third kappa shape index (κ3) is 2.73. The number of ketones is 1. The molecule has 112 valence electrons. The van der Waals surface area contributed by atoms with Gasteiger partial charge in [0.2, 0.25) is 11.5 Å². The van der Waals surface area contributed by atoms with Crippen LogP contribution in [0.15, 0.2) is 36.4 Å². The van der Waals surface area contributed by atoms with Gasteiger partial charge >= 0.3 is 0 Å². The number of carbonyl (C=O) groups excluding carboxylic acids is 3. The van der Waals surface area contributed by atoms with E-state index in [1.165, 1.54) is 30.3 Å². The molecule has 0 saturated heterocycles. The first kappa shape index (κ1) is 15.0. The average Bonchev–Trinajstić information content (AvgIpc) is 2.51. The second-order valence-corrected chi connectivity index (χ2v) is 4.06. The molecular formula is C15H10O7. The van der Waals surface area contributed by atoms with Gasteiger partial charge in [0.25, 0.3) is 12.9 Å². The fourth-order valence-corrected chi connectivity index (χ4v) is 1.87. The standard InChI is InChI=1S/C15H10O7/c16-7-21-14-10(5-6-12(19)15(14)22-8-17)13(20)9-3-1-2-4-11(9)18/h1-8,18-19H. The summed E-state index contributed by atoms with van der Waals surface area (Å²) in [5, 5.41) is 19.4. The highest BCUT2D eigenvalue weighted by atomic mass is 16.6. The molecule has 0 unspecified atom stereocenters. The Morgan fingerprint density at radius 3 is 2.09 bits per heavy atom. The van der Waals surface area contributed by atoms with E-state index < -0.39 is 23.0 Å². The molecule has 0 radical (unpaired) electrons. The number of hydrogen-bond donors (Lipinski definition) is 2. The van der Waals surface area contributed by atoms with E-state index in [9.17, 15) is 24.6 Å². The highest BCUT2D eigenvalue weighted by Crippen LogP contribution is 2.40.